The van der Waals surface area contributed by atoms with E-state index < -0.39 is 18.1 Å². The number of carboxylic acid groups (broad SMARTS) is 1. The lowest BCUT2D eigenvalue weighted by atomic mass is 10.0. The van der Waals surface area contributed by atoms with Gasteiger partial charge in [0.15, 0.2) is 5.82 Å². The largest absolute Gasteiger partial charge is 0.497 e. The third kappa shape index (κ3) is 7.28. The zero-order valence-corrected chi connectivity index (χ0v) is 22.6. The van der Waals surface area contributed by atoms with Crippen LogP contribution in [0.4, 0.5) is 14.5 Å². The Morgan fingerprint density at radius 2 is 1.74 bits per heavy atom. The Bertz CT molecular complexity index is 1420. The Hall–Kier alpha value is -4.54. The van der Waals surface area contributed by atoms with Crippen LogP contribution in [0.15, 0.2) is 59.4 Å². The number of alkyl halides is 2. The van der Waals surface area contributed by atoms with E-state index in [-0.39, 0.29) is 11.4 Å². The number of halogens is 2. The fourth-order valence-electron chi connectivity index (χ4n) is 3.65. The summed E-state index contributed by atoms with van der Waals surface area (Å²) in [7, 11) is 3.07. The molecule has 0 aliphatic heterocycles. The number of benzene rings is 1. The minimum Gasteiger partial charge on any atom is -0.497 e. The standard InChI is InChI=1S/C28H31F2N5O4/c1-7-16(2)8-24(19-10-20(28(36)37)15-31-14-19)27(35-17(3)9-25(34-35)26(29)30)33-18(4)32-21-11-22(38-5)13-23(12-21)39-6/h8-15,26H,7H2,1-6H3,(H,32,33)(H,36,37). The van der Waals surface area contributed by atoms with Crippen LogP contribution in [-0.2, 0) is 0 Å². The van der Waals surface area contributed by atoms with Crippen molar-refractivity contribution in [3.05, 3.63) is 76.9 Å². The van der Waals surface area contributed by atoms with Crippen LogP contribution in [0.5, 0.6) is 11.5 Å². The van der Waals surface area contributed by atoms with Crippen molar-refractivity contribution in [2.45, 2.75) is 40.5 Å². The molecular formula is C28H31F2N5O4. The molecule has 0 unspecified atom stereocenters. The number of ether oxygens (including phenoxy) is 2. The second-order valence-corrected chi connectivity index (χ2v) is 8.70. The molecule has 1 aromatic carbocycles. The van der Waals surface area contributed by atoms with E-state index in [1.165, 1.54) is 43.4 Å². The van der Waals surface area contributed by atoms with E-state index in [1.807, 2.05) is 19.9 Å². The highest BCUT2D eigenvalue weighted by atomic mass is 19.3. The number of nitrogens with zero attached hydrogens (tertiary/aromatic N) is 4. The average molecular weight is 540 g/mol. The van der Waals surface area contributed by atoms with Crippen molar-refractivity contribution in [2.24, 2.45) is 4.99 Å². The average Bonchev–Trinajstić information content (AvgIpc) is 3.31. The van der Waals surface area contributed by atoms with Gasteiger partial charge in [0.1, 0.15) is 23.0 Å². The first kappa shape index (κ1) is 29.0. The molecule has 11 heteroatoms. The van der Waals surface area contributed by atoms with Crippen LogP contribution < -0.4 is 14.8 Å². The van der Waals surface area contributed by atoms with Crippen molar-refractivity contribution in [3.63, 3.8) is 0 Å². The highest BCUT2D eigenvalue weighted by Gasteiger charge is 2.20. The van der Waals surface area contributed by atoms with Crippen LogP contribution in [0, 0.1) is 6.92 Å². The number of aromatic carboxylic acids is 1. The summed E-state index contributed by atoms with van der Waals surface area (Å²) < 4.78 is 39.2. The van der Waals surface area contributed by atoms with Crippen LogP contribution in [0.2, 0.25) is 0 Å². The summed E-state index contributed by atoms with van der Waals surface area (Å²) in [6.07, 6.45) is 2.46. The van der Waals surface area contributed by atoms with E-state index in [0.717, 1.165) is 5.57 Å². The van der Waals surface area contributed by atoms with Gasteiger partial charge in [-0.25, -0.2) is 23.2 Å². The molecule has 0 fully saturated rings. The lowest BCUT2D eigenvalue weighted by Crippen LogP contribution is -2.12. The number of pyridine rings is 1. The number of carboxylic acids is 1. The van der Waals surface area contributed by atoms with E-state index >= 15 is 0 Å². The van der Waals surface area contributed by atoms with Crippen molar-refractivity contribution in [1.82, 2.24) is 14.8 Å². The second-order valence-electron chi connectivity index (χ2n) is 8.70. The van der Waals surface area contributed by atoms with Crippen LogP contribution in [0.1, 0.15) is 60.9 Å². The first-order valence-electron chi connectivity index (χ1n) is 12.1. The normalized spacial score (nSPS) is 12.8. The number of aromatic nitrogens is 3. The molecular weight excluding hydrogens is 508 g/mol. The Morgan fingerprint density at radius 1 is 1.10 bits per heavy atom. The Kier molecular flexibility index (Phi) is 9.53. The van der Waals surface area contributed by atoms with Crippen molar-refractivity contribution >= 4 is 28.9 Å². The molecule has 0 radical (unpaired) electrons. The molecule has 0 bridgehead atoms. The zero-order chi connectivity index (χ0) is 28.7. The number of methoxy groups -OCH3 is 2. The van der Waals surface area contributed by atoms with Crippen molar-refractivity contribution < 1.29 is 28.2 Å². The minimum atomic E-state index is -2.79. The Labute approximate surface area is 225 Å². The number of rotatable bonds is 10. The third-order valence-corrected chi connectivity index (χ3v) is 5.77. The SMILES string of the molecule is CCC(C)=CC(=C(N=C(C)Nc1cc(OC)cc(OC)c1)n1nc(C(F)F)cc1C)c1cncc(C(=O)O)c1. The fraction of sp³-hybridized carbons (Fsp3) is 0.286. The molecule has 0 saturated carbocycles. The number of hydrogen-bond donors (Lipinski definition) is 2. The lowest BCUT2D eigenvalue weighted by Gasteiger charge is -2.15. The maximum absolute atomic E-state index is 13.6. The van der Waals surface area contributed by atoms with E-state index in [0.29, 0.717) is 46.3 Å². The topological polar surface area (TPSA) is 111 Å². The van der Waals surface area contributed by atoms with E-state index in [4.69, 9.17) is 14.5 Å². The van der Waals surface area contributed by atoms with E-state index in [2.05, 4.69) is 15.4 Å². The monoisotopic (exact) mass is 539 g/mol. The molecule has 3 aromatic rings. The smallest absolute Gasteiger partial charge is 0.337 e. The van der Waals surface area contributed by atoms with Gasteiger partial charge in [0, 0.05) is 53.1 Å². The van der Waals surface area contributed by atoms with Crippen LogP contribution >= 0.6 is 0 Å². The first-order chi connectivity index (χ1) is 18.6. The van der Waals surface area contributed by atoms with Gasteiger partial charge in [0.05, 0.1) is 19.8 Å². The molecule has 0 saturated heterocycles. The van der Waals surface area contributed by atoms with Crippen LogP contribution in [-0.4, -0.2) is 45.9 Å². The van der Waals surface area contributed by atoms with Gasteiger partial charge in [-0.3, -0.25) is 4.98 Å². The molecule has 206 valence electrons. The second kappa shape index (κ2) is 12.8. The summed E-state index contributed by atoms with van der Waals surface area (Å²) in [6, 6.07) is 7.97. The number of nitrogens with one attached hydrogen (secondary N) is 1. The van der Waals surface area contributed by atoms with E-state index in [1.54, 1.807) is 32.0 Å². The molecule has 2 N–H and O–H groups in total. The summed E-state index contributed by atoms with van der Waals surface area (Å²) in [5.41, 5.74) is 2.44. The highest BCUT2D eigenvalue weighted by molar-refractivity contribution is 6.00. The van der Waals surface area contributed by atoms with Crippen LogP contribution in [0.3, 0.4) is 0 Å². The Balaban J connectivity index is 2.31. The van der Waals surface area contributed by atoms with Crippen molar-refractivity contribution in [2.75, 3.05) is 19.5 Å². The van der Waals surface area contributed by atoms with Crippen molar-refractivity contribution in [3.8, 4) is 11.5 Å². The summed E-state index contributed by atoms with van der Waals surface area (Å²) in [5, 5.41) is 16.9. The number of aliphatic imine (C=N–C) groups is 1. The predicted octanol–water partition coefficient (Wildman–Crippen LogP) is 6.45. The molecule has 2 aromatic heterocycles. The Morgan fingerprint density at radius 3 is 2.28 bits per heavy atom. The summed E-state index contributed by atoms with van der Waals surface area (Å²) in [4.78, 5) is 20.5. The number of aryl methyl sites for hydroxylation is 1. The van der Waals surface area contributed by atoms with Gasteiger partial charge in [0.25, 0.3) is 6.43 Å². The van der Waals surface area contributed by atoms with Gasteiger partial charge in [0.2, 0.25) is 0 Å². The molecule has 0 amide bonds. The van der Waals surface area contributed by atoms with Crippen molar-refractivity contribution in [1.29, 1.82) is 0 Å². The fourth-order valence-corrected chi connectivity index (χ4v) is 3.65. The number of carbonyl (C=O) groups is 1. The maximum Gasteiger partial charge on any atom is 0.337 e. The summed E-state index contributed by atoms with van der Waals surface area (Å²) in [6.45, 7) is 7.22. The molecule has 9 nitrogen and oxygen atoms in total. The van der Waals surface area contributed by atoms with Gasteiger partial charge in [-0.05, 0) is 39.3 Å². The minimum absolute atomic E-state index is 0.0281. The number of hydrogen-bond acceptors (Lipinski definition) is 6. The molecule has 39 heavy (non-hydrogen) atoms. The van der Waals surface area contributed by atoms with Gasteiger partial charge in [-0.2, -0.15) is 5.10 Å². The zero-order valence-electron chi connectivity index (χ0n) is 22.6. The molecule has 2 heterocycles. The molecule has 0 atom stereocenters. The predicted molar refractivity (Wildman–Crippen MR) is 147 cm³/mol. The molecule has 0 spiro atoms. The number of amidine groups is 1. The molecule has 0 aliphatic rings. The number of allylic oxidation sites excluding steroid dienone is 3. The van der Waals surface area contributed by atoms with Gasteiger partial charge in [-0.15, -0.1) is 0 Å². The molecule has 3 rings (SSSR count). The number of anilines is 1. The third-order valence-electron chi connectivity index (χ3n) is 5.77. The quantitative estimate of drug-likeness (QED) is 0.173. The van der Waals surface area contributed by atoms with Gasteiger partial charge < -0.3 is 19.9 Å². The summed E-state index contributed by atoms with van der Waals surface area (Å²) in [5.74, 6) is 0.574. The summed E-state index contributed by atoms with van der Waals surface area (Å²) >= 11 is 0. The van der Waals surface area contributed by atoms with Crippen LogP contribution in [0.25, 0.3) is 11.4 Å². The highest BCUT2D eigenvalue weighted by Crippen LogP contribution is 2.30. The lowest BCUT2D eigenvalue weighted by molar-refractivity contribution is 0.0696. The van der Waals surface area contributed by atoms with Gasteiger partial charge in [-0.1, -0.05) is 18.6 Å². The molecule has 0 aliphatic carbocycles. The first-order valence-corrected chi connectivity index (χ1v) is 12.1. The van der Waals surface area contributed by atoms with E-state index in [9.17, 15) is 18.7 Å². The maximum atomic E-state index is 13.6. The van der Waals surface area contributed by atoms with Gasteiger partial charge >= 0.3 is 5.97 Å².